The minimum Gasteiger partial charge on any atom is -0.289 e. The molecule has 1 atom stereocenters. The molecule has 0 saturated heterocycles. The first-order chi connectivity index (χ1) is 7.86. The first-order valence-electron chi connectivity index (χ1n) is 5.90. The molecule has 0 bridgehead atoms. The Morgan fingerprint density at radius 3 is 2.56 bits per heavy atom. The van der Waals surface area contributed by atoms with Gasteiger partial charge >= 0.3 is 0 Å². The van der Waals surface area contributed by atoms with Gasteiger partial charge in [0.15, 0.2) is 0 Å². The van der Waals surface area contributed by atoms with Crippen molar-refractivity contribution in [2.45, 2.75) is 18.9 Å². The van der Waals surface area contributed by atoms with Gasteiger partial charge in [-0.3, -0.25) is 4.90 Å². The number of benzene rings is 1. The molecule has 0 N–H and O–H groups in total. The molecule has 0 heterocycles. The molecule has 2 rings (SSSR count). The summed E-state index contributed by atoms with van der Waals surface area (Å²) in [7, 11) is 0. The quantitative estimate of drug-likeness (QED) is 0.678. The molecule has 0 radical (unpaired) electrons. The summed E-state index contributed by atoms with van der Waals surface area (Å²) in [6, 6.07) is 9.32. The maximum atomic E-state index is 3.83. The van der Waals surface area contributed by atoms with Crippen LogP contribution in [0, 0.1) is 0 Å². The van der Waals surface area contributed by atoms with Crippen LogP contribution in [-0.2, 0) is 6.42 Å². The Morgan fingerprint density at radius 2 is 1.88 bits per heavy atom. The molecule has 16 heavy (non-hydrogen) atoms. The molecule has 1 nitrogen and oxygen atoms in total. The molecule has 0 amide bonds. The lowest BCUT2D eigenvalue weighted by Crippen LogP contribution is -2.27. The van der Waals surface area contributed by atoms with E-state index in [2.05, 4.69) is 42.3 Å². The third-order valence-electron chi connectivity index (χ3n) is 3.27. The average Bonchev–Trinajstić information content (AvgIpc) is 2.72. The third kappa shape index (κ3) is 2.10. The number of hydrogen-bond acceptors (Lipinski definition) is 1. The van der Waals surface area contributed by atoms with E-state index >= 15 is 0 Å². The van der Waals surface area contributed by atoms with E-state index in [1.807, 2.05) is 12.2 Å². The predicted octanol–water partition coefficient (Wildman–Crippen LogP) is 3.35. The van der Waals surface area contributed by atoms with Gasteiger partial charge in [-0.05, 0) is 24.0 Å². The van der Waals surface area contributed by atoms with E-state index in [9.17, 15) is 0 Å². The van der Waals surface area contributed by atoms with Crippen LogP contribution in [0.15, 0.2) is 49.6 Å². The molecular weight excluding hydrogens is 194 g/mol. The topological polar surface area (TPSA) is 3.24 Å². The van der Waals surface area contributed by atoms with Gasteiger partial charge in [0.1, 0.15) is 0 Å². The first-order valence-corrected chi connectivity index (χ1v) is 5.90. The third-order valence-corrected chi connectivity index (χ3v) is 3.27. The number of fused-ring (bicyclic) bond motifs is 1. The Kier molecular flexibility index (Phi) is 3.58. The van der Waals surface area contributed by atoms with Crippen LogP contribution in [0.25, 0.3) is 0 Å². The molecule has 1 aromatic carbocycles. The van der Waals surface area contributed by atoms with Crippen LogP contribution in [0.4, 0.5) is 0 Å². The van der Waals surface area contributed by atoms with Gasteiger partial charge in [0.25, 0.3) is 0 Å². The summed E-state index contributed by atoms with van der Waals surface area (Å²) < 4.78 is 0. The number of nitrogens with zero attached hydrogens (tertiary/aromatic N) is 1. The first kappa shape index (κ1) is 11.2. The summed E-state index contributed by atoms with van der Waals surface area (Å²) >= 11 is 0. The molecule has 0 aromatic heterocycles. The van der Waals surface area contributed by atoms with Crippen LogP contribution >= 0.6 is 0 Å². The van der Waals surface area contributed by atoms with Crippen molar-refractivity contribution in [1.82, 2.24) is 4.90 Å². The van der Waals surface area contributed by atoms with Crippen molar-refractivity contribution in [2.24, 2.45) is 0 Å². The van der Waals surface area contributed by atoms with Gasteiger partial charge in [-0.1, -0.05) is 36.4 Å². The number of hydrogen-bond donors (Lipinski definition) is 0. The Labute approximate surface area is 98.1 Å². The van der Waals surface area contributed by atoms with E-state index in [0.29, 0.717) is 6.04 Å². The average molecular weight is 213 g/mol. The molecule has 1 aliphatic rings. The van der Waals surface area contributed by atoms with E-state index in [4.69, 9.17) is 0 Å². The highest BCUT2D eigenvalue weighted by molar-refractivity contribution is 5.34. The fourth-order valence-corrected chi connectivity index (χ4v) is 2.57. The van der Waals surface area contributed by atoms with Gasteiger partial charge in [-0.2, -0.15) is 0 Å². The monoisotopic (exact) mass is 213 g/mol. The van der Waals surface area contributed by atoms with Crippen molar-refractivity contribution in [1.29, 1.82) is 0 Å². The van der Waals surface area contributed by atoms with Crippen LogP contribution < -0.4 is 0 Å². The molecule has 1 heteroatoms. The lowest BCUT2D eigenvalue weighted by molar-refractivity contribution is 0.242. The van der Waals surface area contributed by atoms with Gasteiger partial charge < -0.3 is 0 Å². The number of rotatable bonds is 5. The van der Waals surface area contributed by atoms with Crippen molar-refractivity contribution in [3.8, 4) is 0 Å². The molecular formula is C15H19N. The lowest BCUT2D eigenvalue weighted by Gasteiger charge is -2.27. The van der Waals surface area contributed by atoms with E-state index in [1.54, 1.807) is 0 Å². The van der Waals surface area contributed by atoms with E-state index < -0.39 is 0 Å². The smallest absolute Gasteiger partial charge is 0.0360 e. The molecule has 0 saturated carbocycles. The highest BCUT2D eigenvalue weighted by Crippen LogP contribution is 2.35. The summed E-state index contributed by atoms with van der Waals surface area (Å²) in [4.78, 5) is 2.44. The fraction of sp³-hybridized carbons (Fsp3) is 0.333. The molecule has 1 aromatic rings. The maximum absolute atomic E-state index is 3.83. The SMILES string of the molecule is C=CCN(CC=C)C1CCc2ccccc21. The van der Waals surface area contributed by atoms with Crippen LogP contribution in [0.1, 0.15) is 23.6 Å². The minimum absolute atomic E-state index is 0.548. The van der Waals surface area contributed by atoms with Crippen molar-refractivity contribution < 1.29 is 0 Å². The van der Waals surface area contributed by atoms with Crippen molar-refractivity contribution in [3.05, 3.63) is 60.7 Å². The van der Waals surface area contributed by atoms with E-state index in [0.717, 1.165) is 13.1 Å². The highest BCUT2D eigenvalue weighted by Gasteiger charge is 2.25. The Balaban J connectivity index is 2.21. The van der Waals surface area contributed by atoms with Crippen LogP contribution in [0.3, 0.4) is 0 Å². The van der Waals surface area contributed by atoms with Crippen LogP contribution in [0.2, 0.25) is 0 Å². The van der Waals surface area contributed by atoms with Gasteiger partial charge in [0, 0.05) is 19.1 Å². The second kappa shape index (κ2) is 5.13. The summed E-state index contributed by atoms with van der Waals surface area (Å²) in [5.41, 5.74) is 3.00. The van der Waals surface area contributed by atoms with E-state index in [-0.39, 0.29) is 0 Å². The van der Waals surface area contributed by atoms with Crippen molar-refractivity contribution >= 4 is 0 Å². The lowest BCUT2D eigenvalue weighted by atomic mass is 10.1. The zero-order valence-corrected chi connectivity index (χ0v) is 9.73. The minimum atomic E-state index is 0.548. The second-order valence-electron chi connectivity index (χ2n) is 4.28. The van der Waals surface area contributed by atoms with Gasteiger partial charge in [0.05, 0.1) is 0 Å². The molecule has 0 fully saturated rings. The largest absolute Gasteiger partial charge is 0.289 e. The summed E-state index contributed by atoms with van der Waals surface area (Å²) in [6.07, 6.45) is 6.38. The standard InChI is InChI=1S/C15H19N/c1-3-11-16(12-4-2)15-10-9-13-7-5-6-8-14(13)15/h3-8,15H,1-2,9-12H2. The second-order valence-corrected chi connectivity index (χ2v) is 4.28. The van der Waals surface area contributed by atoms with Gasteiger partial charge in [-0.15, -0.1) is 13.2 Å². The predicted molar refractivity (Wildman–Crippen MR) is 69.5 cm³/mol. The van der Waals surface area contributed by atoms with Gasteiger partial charge in [-0.25, -0.2) is 0 Å². The van der Waals surface area contributed by atoms with Crippen molar-refractivity contribution in [2.75, 3.05) is 13.1 Å². The molecule has 1 unspecified atom stereocenters. The fourth-order valence-electron chi connectivity index (χ4n) is 2.57. The van der Waals surface area contributed by atoms with Crippen molar-refractivity contribution in [3.63, 3.8) is 0 Å². The molecule has 0 spiro atoms. The zero-order chi connectivity index (χ0) is 11.4. The van der Waals surface area contributed by atoms with Crippen LogP contribution in [0.5, 0.6) is 0 Å². The summed E-state index contributed by atoms with van der Waals surface area (Å²) in [5, 5.41) is 0. The summed E-state index contributed by atoms with van der Waals surface area (Å²) in [5.74, 6) is 0. The maximum Gasteiger partial charge on any atom is 0.0360 e. The van der Waals surface area contributed by atoms with Gasteiger partial charge in [0.2, 0.25) is 0 Å². The number of aryl methyl sites for hydroxylation is 1. The Hall–Kier alpha value is -1.34. The molecule has 0 aliphatic heterocycles. The normalized spacial score (nSPS) is 18.4. The summed E-state index contributed by atoms with van der Waals surface area (Å²) in [6.45, 7) is 9.54. The van der Waals surface area contributed by atoms with Crippen LogP contribution in [-0.4, -0.2) is 18.0 Å². The zero-order valence-electron chi connectivity index (χ0n) is 9.73. The van der Waals surface area contributed by atoms with E-state index in [1.165, 1.54) is 24.0 Å². The Morgan fingerprint density at radius 1 is 1.19 bits per heavy atom. The highest BCUT2D eigenvalue weighted by atomic mass is 15.1. The molecule has 84 valence electrons. The Bertz CT molecular complexity index is 371. The molecule has 1 aliphatic carbocycles.